The smallest absolute Gasteiger partial charge is 0.104 e. The molecule has 0 saturated carbocycles. The van der Waals surface area contributed by atoms with Crippen molar-refractivity contribution in [2.45, 2.75) is 23.3 Å². The molecule has 0 unspecified atom stereocenters. The Morgan fingerprint density at radius 1 is 1.41 bits per heavy atom. The zero-order valence-electron chi connectivity index (χ0n) is 10.1. The summed E-state index contributed by atoms with van der Waals surface area (Å²) in [6.45, 7) is 2.74. The van der Waals surface area contributed by atoms with Crippen LogP contribution >= 0.6 is 11.8 Å². The van der Waals surface area contributed by atoms with Gasteiger partial charge in [-0.25, -0.2) is 4.98 Å². The van der Waals surface area contributed by atoms with E-state index in [9.17, 15) is 0 Å². The summed E-state index contributed by atoms with van der Waals surface area (Å²) in [6.07, 6.45) is 6.61. The average molecular weight is 248 g/mol. The zero-order valence-corrected chi connectivity index (χ0v) is 10.9. The SMILES string of the molecule is Cc1cc(CCN)cnc1Sc1cnn(C)c1. The first-order valence-corrected chi connectivity index (χ1v) is 6.33. The summed E-state index contributed by atoms with van der Waals surface area (Å²) in [4.78, 5) is 5.58. The lowest BCUT2D eigenvalue weighted by molar-refractivity contribution is 0.766. The molecule has 0 aliphatic carbocycles. The molecule has 2 aromatic heterocycles. The standard InChI is InChI=1S/C12H16N4S/c1-9-5-10(3-4-13)6-14-12(9)17-11-7-15-16(2)8-11/h5-8H,3-4,13H2,1-2H3. The van der Waals surface area contributed by atoms with E-state index in [1.807, 2.05) is 25.6 Å². The minimum Gasteiger partial charge on any atom is -0.330 e. The van der Waals surface area contributed by atoms with Gasteiger partial charge in [0.25, 0.3) is 0 Å². The number of aryl methyl sites for hydroxylation is 2. The summed E-state index contributed by atoms with van der Waals surface area (Å²) in [7, 11) is 1.91. The van der Waals surface area contributed by atoms with Gasteiger partial charge in [-0.05, 0) is 31.0 Å². The van der Waals surface area contributed by atoms with Gasteiger partial charge < -0.3 is 5.73 Å². The summed E-state index contributed by atoms with van der Waals surface area (Å²) in [5.41, 5.74) is 7.91. The third kappa shape index (κ3) is 3.08. The fraction of sp³-hybridized carbons (Fsp3) is 0.333. The Hall–Kier alpha value is -1.33. The molecule has 0 radical (unpaired) electrons. The van der Waals surface area contributed by atoms with Crippen molar-refractivity contribution in [1.29, 1.82) is 0 Å². The molecule has 0 aromatic carbocycles. The first kappa shape index (κ1) is 12.1. The van der Waals surface area contributed by atoms with E-state index in [4.69, 9.17) is 5.73 Å². The predicted molar refractivity (Wildman–Crippen MR) is 69.1 cm³/mol. The molecular weight excluding hydrogens is 232 g/mol. The molecule has 0 aliphatic heterocycles. The Morgan fingerprint density at radius 3 is 2.82 bits per heavy atom. The van der Waals surface area contributed by atoms with Gasteiger partial charge in [0.1, 0.15) is 5.03 Å². The molecule has 2 N–H and O–H groups in total. The van der Waals surface area contributed by atoms with E-state index in [0.717, 1.165) is 16.3 Å². The highest BCUT2D eigenvalue weighted by Crippen LogP contribution is 2.28. The van der Waals surface area contributed by atoms with E-state index in [1.165, 1.54) is 11.1 Å². The summed E-state index contributed by atoms with van der Waals surface area (Å²) >= 11 is 1.64. The lowest BCUT2D eigenvalue weighted by atomic mass is 10.2. The highest BCUT2D eigenvalue weighted by molar-refractivity contribution is 7.99. The Morgan fingerprint density at radius 2 is 2.24 bits per heavy atom. The highest BCUT2D eigenvalue weighted by atomic mass is 32.2. The molecule has 0 spiro atoms. The number of pyridine rings is 1. The maximum absolute atomic E-state index is 5.53. The van der Waals surface area contributed by atoms with Crippen molar-refractivity contribution in [2.24, 2.45) is 12.8 Å². The predicted octanol–water partition coefficient (Wildman–Crippen LogP) is 1.78. The normalized spacial score (nSPS) is 10.8. The van der Waals surface area contributed by atoms with Crippen LogP contribution in [-0.4, -0.2) is 21.3 Å². The lowest BCUT2D eigenvalue weighted by Gasteiger charge is -2.05. The van der Waals surface area contributed by atoms with Gasteiger partial charge in [0.15, 0.2) is 0 Å². The molecule has 2 aromatic rings. The summed E-state index contributed by atoms with van der Waals surface area (Å²) < 4.78 is 1.79. The van der Waals surface area contributed by atoms with Crippen LogP contribution in [0.15, 0.2) is 34.6 Å². The van der Waals surface area contributed by atoms with Crippen LogP contribution in [0, 0.1) is 6.92 Å². The molecule has 0 saturated heterocycles. The molecule has 0 amide bonds. The Balaban J connectivity index is 2.16. The maximum atomic E-state index is 5.53. The van der Waals surface area contributed by atoms with E-state index in [1.54, 1.807) is 16.4 Å². The molecule has 2 rings (SSSR count). The minimum absolute atomic E-state index is 0.663. The molecule has 0 atom stereocenters. The van der Waals surface area contributed by atoms with Crippen molar-refractivity contribution in [3.8, 4) is 0 Å². The Labute approximate surface area is 105 Å². The van der Waals surface area contributed by atoms with Crippen LogP contribution in [0.1, 0.15) is 11.1 Å². The third-order valence-corrected chi connectivity index (χ3v) is 3.48. The van der Waals surface area contributed by atoms with Gasteiger partial charge in [-0.3, -0.25) is 4.68 Å². The fourth-order valence-corrected chi connectivity index (χ4v) is 2.45. The van der Waals surface area contributed by atoms with E-state index < -0.39 is 0 Å². The summed E-state index contributed by atoms with van der Waals surface area (Å²) in [5, 5.41) is 5.17. The highest BCUT2D eigenvalue weighted by Gasteiger charge is 2.05. The molecule has 0 fully saturated rings. The van der Waals surface area contributed by atoms with Gasteiger partial charge in [-0.2, -0.15) is 5.10 Å². The van der Waals surface area contributed by atoms with Gasteiger partial charge in [-0.15, -0.1) is 0 Å². The van der Waals surface area contributed by atoms with Crippen LogP contribution < -0.4 is 5.73 Å². The van der Waals surface area contributed by atoms with Crippen molar-refractivity contribution in [1.82, 2.24) is 14.8 Å². The van der Waals surface area contributed by atoms with Gasteiger partial charge in [0.2, 0.25) is 0 Å². The first-order chi connectivity index (χ1) is 8.19. The lowest BCUT2D eigenvalue weighted by Crippen LogP contribution is -2.03. The third-order valence-electron chi connectivity index (χ3n) is 2.42. The van der Waals surface area contributed by atoms with E-state index in [0.29, 0.717) is 6.54 Å². The van der Waals surface area contributed by atoms with Crippen molar-refractivity contribution in [3.05, 3.63) is 35.8 Å². The van der Waals surface area contributed by atoms with Crippen molar-refractivity contribution < 1.29 is 0 Å². The largest absolute Gasteiger partial charge is 0.330 e. The van der Waals surface area contributed by atoms with E-state index in [2.05, 4.69) is 23.1 Å². The molecule has 5 heteroatoms. The molecule has 90 valence electrons. The number of hydrogen-bond acceptors (Lipinski definition) is 4. The number of hydrogen-bond donors (Lipinski definition) is 1. The van der Waals surface area contributed by atoms with Gasteiger partial charge in [0.05, 0.1) is 11.1 Å². The second kappa shape index (κ2) is 5.33. The van der Waals surface area contributed by atoms with Crippen molar-refractivity contribution >= 4 is 11.8 Å². The Kier molecular flexibility index (Phi) is 3.81. The summed E-state index contributed by atoms with van der Waals surface area (Å²) in [5.74, 6) is 0. The molecule has 2 heterocycles. The van der Waals surface area contributed by atoms with Crippen molar-refractivity contribution in [2.75, 3.05) is 6.54 Å². The fourth-order valence-electron chi connectivity index (χ4n) is 1.59. The number of nitrogens with zero attached hydrogens (tertiary/aromatic N) is 3. The van der Waals surface area contributed by atoms with Crippen LogP contribution in [0.2, 0.25) is 0 Å². The maximum Gasteiger partial charge on any atom is 0.104 e. The van der Waals surface area contributed by atoms with Crippen molar-refractivity contribution in [3.63, 3.8) is 0 Å². The van der Waals surface area contributed by atoms with Crippen LogP contribution in [0.4, 0.5) is 0 Å². The average Bonchev–Trinajstić information content (AvgIpc) is 2.69. The first-order valence-electron chi connectivity index (χ1n) is 5.51. The monoisotopic (exact) mass is 248 g/mol. The van der Waals surface area contributed by atoms with Crippen LogP contribution in [0.3, 0.4) is 0 Å². The molecule has 17 heavy (non-hydrogen) atoms. The summed E-state index contributed by atoms with van der Waals surface area (Å²) in [6, 6.07) is 2.15. The molecule has 0 bridgehead atoms. The molecular formula is C12H16N4S. The van der Waals surface area contributed by atoms with Gasteiger partial charge in [-0.1, -0.05) is 17.8 Å². The van der Waals surface area contributed by atoms with Crippen LogP contribution in [0.25, 0.3) is 0 Å². The van der Waals surface area contributed by atoms with E-state index in [-0.39, 0.29) is 0 Å². The quantitative estimate of drug-likeness (QED) is 0.896. The topological polar surface area (TPSA) is 56.7 Å². The van der Waals surface area contributed by atoms with Crippen LogP contribution in [-0.2, 0) is 13.5 Å². The molecule has 4 nitrogen and oxygen atoms in total. The second-order valence-electron chi connectivity index (χ2n) is 3.96. The van der Waals surface area contributed by atoms with Gasteiger partial charge >= 0.3 is 0 Å². The second-order valence-corrected chi connectivity index (χ2v) is 5.02. The molecule has 0 aliphatic rings. The van der Waals surface area contributed by atoms with Gasteiger partial charge in [0, 0.05) is 19.4 Å². The zero-order chi connectivity index (χ0) is 12.3. The number of rotatable bonds is 4. The van der Waals surface area contributed by atoms with E-state index >= 15 is 0 Å². The Bertz CT molecular complexity index is 507. The van der Waals surface area contributed by atoms with Crippen LogP contribution in [0.5, 0.6) is 0 Å². The minimum atomic E-state index is 0.663. The number of nitrogens with two attached hydrogens (primary N) is 1. The number of aromatic nitrogens is 3.